The second-order valence-corrected chi connectivity index (χ2v) is 6.60. The van der Waals surface area contributed by atoms with Gasteiger partial charge in [-0.2, -0.15) is 0 Å². The van der Waals surface area contributed by atoms with Gasteiger partial charge in [0.1, 0.15) is 11.6 Å². The van der Waals surface area contributed by atoms with Gasteiger partial charge in [-0.1, -0.05) is 18.6 Å². The fourth-order valence-electron chi connectivity index (χ4n) is 3.18. The van der Waals surface area contributed by atoms with Crippen LogP contribution in [0.1, 0.15) is 35.2 Å². The number of ether oxygens (including phenoxy) is 1. The predicted octanol–water partition coefficient (Wildman–Crippen LogP) is 2.54. The number of halogens is 1. The van der Waals surface area contributed by atoms with Crippen molar-refractivity contribution in [3.8, 4) is 5.75 Å². The Bertz CT molecular complexity index is 784. The molecule has 6 heteroatoms. The van der Waals surface area contributed by atoms with E-state index in [0.29, 0.717) is 17.9 Å². The summed E-state index contributed by atoms with van der Waals surface area (Å²) in [6.45, 7) is 0.309. The molecule has 3 rings (SSSR count). The van der Waals surface area contributed by atoms with E-state index in [2.05, 4.69) is 5.32 Å². The molecule has 2 aromatic carbocycles. The zero-order valence-corrected chi connectivity index (χ0v) is 14.3. The van der Waals surface area contributed by atoms with Crippen molar-refractivity contribution in [2.24, 2.45) is 5.73 Å². The molecule has 26 heavy (non-hydrogen) atoms. The summed E-state index contributed by atoms with van der Waals surface area (Å²) in [5.41, 5.74) is 6.47. The maximum absolute atomic E-state index is 13.2. The lowest BCUT2D eigenvalue weighted by molar-refractivity contribution is -0.119. The molecule has 5 nitrogen and oxygen atoms in total. The summed E-state index contributed by atoms with van der Waals surface area (Å²) in [5, 5.41) is 2.98. The van der Waals surface area contributed by atoms with E-state index < -0.39 is 5.91 Å². The molecule has 0 bridgehead atoms. The number of benzene rings is 2. The first kappa shape index (κ1) is 17.9. The molecule has 136 valence electrons. The summed E-state index contributed by atoms with van der Waals surface area (Å²) >= 11 is 0. The van der Waals surface area contributed by atoms with Crippen LogP contribution in [0.3, 0.4) is 0 Å². The largest absolute Gasteiger partial charge is 0.484 e. The lowest BCUT2D eigenvalue weighted by Gasteiger charge is -2.42. The molecule has 1 aliphatic rings. The second-order valence-electron chi connectivity index (χ2n) is 6.60. The van der Waals surface area contributed by atoms with Crippen molar-refractivity contribution in [1.29, 1.82) is 0 Å². The molecule has 0 aromatic heterocycles. The van der Waals surface area contributed by atoms with Crippen LogP contribution in [0.25, 0.3) is 0 Å². The average molecular weight is 356 g/mol. The monoisotopic (exact) mass is 356 g/mol. The molecule has 2 aromatic rings. The van der Waals surface area contributed by atoms with Crippen LogP contribution in [-0.2, 0) is 10.2 Å². The Labute approximate surface area is 151 Å². The molecular weight excluding hydrogens is 335 g/mol. The van der Waals surface area contributed by atoms with Crippen LogP contribution in [0.15, 0.2) is 48.5 Å². The van der Waals surface area contributed by atoms with Gasteiger partial charge in [0.2, 0.25) is 0 Å². The van der Waals surface area contributed by atoms with Crippen molar-refractivity contribution in [3.05, 3.63) is 65.5 Å². The van der Waals surface area contributed by atoms with Crippen LogP contribution in [0.2, 0.25) is 0 Å². The first-order valence-electron chi connectivity index (χ1n) is 8.54. The quantitative estimate of drug-likeness (QED) is 0.800. The lowest BCUT2D eigenvalue weighted by atomic mass is 9.64. The molecule has 0 aliphatic heterocycles. The molecule has 0 heterocycles. The summed E-state index contributed by atoms with van der Waals surface area (Å²) in [6, 6.07) is 13.0. The fraction of sp³-hybridized carbons (Fsp3) is 0.300. The summed E-state index contributed by atoms with van der Waals surface area (Å²) in [5.74, 6) is -0.522. The molecule has 1 fully saturated rings. The van der Waals surface area contributed by atoms with Gasteiger partial charge >= 0.3 is 0 Å². The maximum atomic E-state index is 13.2. The smallest absolute Gasteiger partial charge is 0.255 e. The second kappa shape index (κ2) is 7.56. The number of rotatable bonds is 7. The Hall–Kier alpha value is -2.89. The fourth-order valence-corrected chi connectivity index (χ4v) is 3.18. The van der Waals surface area contributed by atoms with E-state index in [0.717, 1.165) is 24.8 Å². The first-order valence-corrected chi connectivity index (χ1v) is 8.54. The van der Waals surface area contributed by atoms with Crippen molar-refractivity contribution in [2.45, 2.75) is 24.7 Å². The van der Waals surface area contributed by atoms with Crippen LogP contribution >= 0.6 is 0 Å². The third-order valence-electron chi connectivity index (χ3n) is 4.85. The van der Waals surface area contributed by atoms with E-state index >= 15 is 0 Å². The summed E-state index contributed by atoms with van der Waals surface area (Å²) in [4.78, 5) is 23.1. The standard InChI is InChI=1S/C20H21FN2O3/c21-16-6-4-15(5-7-16)20(10-1-11-20)13-23-19(25)14-2-8-17(9-3-14)26-12-18(22)24/h2-9H,1,10-13H2,(H2,22,24)(H,23,25). The number of hydrogen-bond acceptors (Lipinski definition) is 3. The van der Waals surface area contributed by atoms with Crippen LogP contribution in [0.5, 0.6) is 5.75 Å². The van der Waals surface area contributed by atoms with E-state index in [4.69, 9.17) is 10.5 Å². The molecule has 2 amide bonds. The van der Waals surface area contributed by atoms with Crippen LogP contribution in [-0.4, -0.2) is 25.0 Å². The molecule has 0 atom stereocenters. The zero-order valence-electron chi connectivity index (χ0n) is 14.3. The number of carbonyl (C=O) groups excluding carboxylic acids is 2. The van der Waals surface area contributed by atoms with Gasteiger partial charge in [-0.25, -0.2) is 4.39 Å². The minimum absolute atomic E-state index is 0.117. The molecule has 0 unspecified atom stereocenters. The first-order chi connectivity index (χ1) is 12.5. The van der Waals surface area contributed by atoms with Gasteiger partial charge in [-0.05, 0) is 54.8 Å². The zero-order chi connectivity index (χ0) is 18.6. The number of hydrogen-bond donors (Lipinski definition) is 2. The highest BCUT2D eigenvalue weighted by Gasteiger charge is 2.38. The highest BCUT2D eigenvalue weighted by atomic mass is 19.1. The number of amides is 2. The molecule has 0 saturated heterocycles. The highest BCUT2D eigenvalue weighted by molar-refractivity contribution is 5.94. The number of nitrogens with one attached hydrogen (secondary N) is 1. The topological polar surface area (TPSA) is 81.4 Å². The lowest BCUT2D eigenvalue weighted by Crippen LogP contribution is -2.45. The average Bonchev–Trinajstić information content (AvgIpc) is 2.60. The van der Waals surface area contributed by atoms with E-state index in [1.165, 1.54) is 12.1 Å². The Kier molecular flexibility index (Phi) is 5.21. The third kappa shape index (κ3) is 4.02. The molecule has 3 N–H and O–H groups in total. The predicted molar refractivity (Wildman–Crippen MR) is 95.4 cm³/mol. The van der Waals surface area contributed by atoms with Crippen molar-refractivity contribution < 1.29 is 18.7 Å². The molecule has 1 aliphatic carbocycles. The van der Waals surface area contributed by atoms with Gasteiger partial charge in [0.25, 0.3) is 11.8 Å². The van der Waals surface area contributed by atoms with E-state index in [1.54, 1.807) is 36.4 Å². The summed E-state index contributed by atoms with van der Waals surface area (Å²) in [7, 11) is 0. The number of nitrogens with two attached hydrogens (primary N) is 1. The molecular formula is C20H21FN2O3. The van der Waals surface area contributed by atoms with Gasteiger partial charge in [0.05, 0.1) is 0 Å². The van der Waals surface area contributed by atoms with E-state index in [1.807, 2.05) is 0 Å². The minimum atomic E-state index is -0.557. The SMILES string of the molecule is NC(=O)COc1ccc(C(=O)NCC2(c3ccc(F)cc3)CCC2)cc1. The Balaban J connectivity index is 1.60. The molecule has 0 radical (unpaired) electrons. The Morgan fingerprint density at radius 2 is 1.73 bits per heavy atom. The van der Waals surface area contributed by atoms with Crippen LogP contribution in [0, 0.1) is 5.82 Å². The summed E-state index contributed by atoms with van der Waals surface area (Å²) in [6.07, 6.45) is 3.04. The molecule has 1 saturated carbocycles. The van der Waals surface area contributed by atoms with E-state index in [-0.39, 0.29) is 23.7 Å². The normalized spacial score (nSPS) is 15.0. The molecule has 0 spiro atoms. The van der Waals surface area contributed by atoms with Crippen molar-refractivity contribution in [1.82, 2.24) is 5.32 Å². The van der Waals surface area contributed by atoms with Crippen LogP contribution < -0.4 is 15.8 Å². The van der Waals surface area contributed by atoms with E-state index in [9.17, 15) is 14.0 Å². The number of primary amides is 1. The van der Waals surface area contributed by atoms with Gasteiger partial charge in [0, 0.05) is 17.5 Å². The maximum Gasteiger partial charge on any atom is 0.255 e. The summed E-state index contributed by atoms with van der Waals surface area (Å²) < 4.78 is 18.3. The van der Waals surface area contributed by atoms with Crippen molar-refractivity contribution in [3.63, 3.8) is 0 Å². The van der Waals surface area contributed by atoms with Gasteiger partial charge in [0.15, 0.2) is 6.61 Å². The van der Waals surface area contributed by atoms with Gasteiger partial charge < -0.3 is 15.8 Å². The number of carbonyl (C=O) groups is 2. The highest BCUT2D eigenvalue weighted by Crippen LogP contribution is 2.43. The third-order valence-corrected chi connectivity index (χ3v) is 4.85. The Morgan fingerprint density at radius 1 is 1.08 bits per heavy atom. The Morgan fingerprint density at radius 3 is 2.27 bits per heavy atom. The van der Waals surface area contributed by atoms with Gasteiger partial charge in [-0.3, -0.25) is 9.59 Å². The van der Waals surface area contributed by atoms with Crippen molar-refractivity contribution >= 4 is 11.8 Å². The van der Waals surface area contributed by atoms with Crippen LogP contribution in [0.4, 0.5) is 4.39 Å². The minimum Gasteiger partial charge on any atom is -0.484 e. The van der Waals surface area contributed by atoms with Crippen molar-refractivity contribution in [2.75, 3.05) is 13.2 Å². The van der Waals surface area contributed by atoms with Gasteiger partial charge in [-0.15, -0.1) is 0 Å².